The van der Waals surface area contributed by atoms with Crippen LogP contribution in [0.2, 0.25) is 0 Å². The van der Waals surface area contributed by atoms with Gasteiger partial charge in [0.15, 0.2) is 9.99 Å². The molecule has 0 unspecified atom stereocenters. The molecule has 0 N–H and O–H groups in total. The Morgan fingerprint density at radius 3 is 2.60 bits per heavy atom. The third-order valence-corrected chi connectivity index (χ3v) is 2.36. The zero-order valence-electron chi connectivity index (χ0n) is 6.99. The van der Waals surface area contributed by atoms with Crippen molar-refractivity contribution in [3.63, 3.8) is 0 Å². The third-order valence-electron chi connectivity index (χ3n) is 1.56. The summed E-state index contributed by atoms with van der Waals surface area (Å²) in [5.41, 5.74) is -1.73. The van der Waals surface area contributed by atoms with Crippen LogP contribution in [0.25, 0.3) is 0 Å². The molecule has 0 saturated carbocycles. The Morgan fingerprint density at radius 1 is 1.60 bits per heavy atom. The molecular formula is C7H3F2IN2O3. The van der Waals surface area contributed by atoms with Crippen LogP contribution in [0, 0.1) is 13.8 Å². The van der Waals surface area contributed by atoms with Crippen LogP contribution in [0.15, 0.2) is 6.07 Å². The number of nitro groups is 1. The van der Waals surface area contributed by atoms with Gasteiger partial charge in [0.05, 0.1) is 10.5 Å². The number of carbonyl (C=O) groups is 1. The molecule has 0 aromatic carbocycles. The summed E-state index contributed by atoms with van der Waals surface area (Å²) in [6.45, 7) is 0. The summed E-state index contributed by atoms with van der Waals surface area (Å²) in [5.74, 6) is 0. The van der Waals surface area contributed by atoms with Crippen molar-refractivity contribution in [1.29, 1.82) is 0 Å². The first-order chi connectivity index (χ1) is 6.97. The maximum absolute atomic E-state index is 12.4. The maximum atomic E-state index is 12.4. The number of hydrogen-bond donors (Lipinski definition) is 0. The van der Waals surface area contributed by atoms with Gasteiger partial charge < -0.3 is 0 Å². The minimum atomic E-state index is -2.96. The van der Waals surface area contributed by atoms with Gasteiger partial charge in [0.25, 0.3) is 6.43 Å². The lowest BCUT2D eigenvalue weighted by atomic mass is 10.2. The average Bonchev–Trinajstić information content (AvgIpc) is 2.16. The number of hydrogen-bond acceptors (Lipinski definition) is 4. The zero-order chi connectivity index (χ0) is 11.6. The number of pyridine rings is 1. The van der Waals surface area contributed by atoms with Crippen molar-refractivity contribution in [2.75, 3.05) is 0 Å². The molecule has 0 amide bonds. The molecule has 0 aliphatic carbocycles. The van der Waals surface area contributed by atoms with Gasteiger partial charge in [-0.25, -0.2) is 13.8 Å². The van der Waals surface area contributed by atoms with E-state index >= 15 is 0 Å². The van der Waals surface area contributed by atoms with E-state index in [0.717, 1.165) is 0 Å². The first-order valence-corrected chi connectivity index (χ1v) is 4.63. The molecule has 80 valence electrons. The summed E-state index contributed by atoms with van der Waals surface area (Å²) < 4.78 is 24.6. The second-order valence-corrected chi connectivity index (χ2v) is 3.47. The predicted octanol–water partition coefficient (Wildman–Crippen LogP) is 2.34. The molecule has 0 saturated heterocycles. The molecule has 1 aromatic rings. The van der Waals surface area contributed by atoms with E-state index in [1.807, 2.05) is 0 Å². The second kappa shape index (κ2) is 4.55. The third kappa shape index (κ3) is 2.43. The Bertz CT molecular complexity index is 425. The van der Waals surface area contributed by atoms with Crippen LogP contribution in [0.5, 0.6) is 0 Å². The van der Waals surface area contributed by atoms with E-state index in [-0.39, 0.29) is 9.99 Å². The average molecular weight is 328 g/mol. The number of nitrogens with zero attached hydrogens (tertiary/aromatic N) is 2. The highest BCUT2D eigenvalue weighted by molar-refractivity contribution is 14.1. The van der Waals surface area contributed by atoms with Gasteiger partial charge in [0.2, 0.25) is 0 Å². The van der Waals surface area contributed by atoms with E-state index in [4.69, 9.17) is 0 Å². The number of rotatable bonds is 3. The Morgan fingerprint density at radius 2 is 2.20 bits per heavy atom. The highest BCUT2D eigenvalue weighted by atomic mass is 127. The quantitative estimate of drug-likeness (QED) is 0.281. The summed E-state index contributed by atoms with van der Waals surface area (Å²) in [6.07, 6.45) is -2.82. The molecule has 0 spiro atoms. The number of carbonyl (C=O) groups excluding carboxylic acids is 1. The Hall–Kier alpha value is -1.19. The predicted molar refractivity (Wildman–Crippen MR) is 54.0 cm³/mol. The van der Waals surface area contributed by atoms with Crippen molar-refractivity contribution >= 4 is 34.6 Å². The number of alkyl halides is 2. The molecule has 0 bridgehead atoms. The SMILES string of the molecule is O=Cc1nc(I)c([N+](=O)[O-])cc1C(F)F. The van der Waals surface area contributed by atoms with Gasteiger partial charge in [0, 0.05) is 6.07 Å². The van der Waals surface area contributed by atoms with Crippen LogP contribution in [0.1, 0.15) is 22.5 Å². The van der Waals surface area contributed by atoms with Crippen LogP contribution in [-0.2, 0) is 0 Å². The van der Waals surface area contributed by atoms with Crippen molar-refractivity contribution < 1.29 is 18.5 Å². The fraction of sp³-hybridized carbons (Fsp3) is 0.143. The molecule has 5 nitrogen and oxygen atoms in total. The van der Waals surface area contributed by atoms with Crippen molar-refractivity contribution in [3.8, 4) is 0 Å². The summed E-state index contributed by atoms with van der Waals surface area (Å²) >= 11 is 1.51. The number of aldehydes is 1. The van der Waals surface area contributed by atoms with Crippen LogP contribution in [-0.4, -0.2) is 16.2 Å². The Kier molecular flexibility index (Phi) is 3.61. The minimum absolute atomic E-state index is 0.0934. The molecule has 1 rings (SSSR count). The lowest BCUT2D eigenvalue weighted by Crippen LogP contribution is -2.03. The van der Waals surface area contributed by atoms with Gasteiger partial charge >= 0.3 is 5.69 Å². The summed E-state index contributed by atoms with van der Waals surface area (Å²) in [6, 6.07) is 0.670. The molecule has 8 heteroatoms. The molecule has 15 heavy (non-hydrogen) atoms. The van der Waals surface area contributed by atoms with Gasteiger partial charge in [0.1, 0.15) is 5.69 Å². The molecule has 0 aliphatic rings. The molecule has 1 aromatic heterocycles. The molecule has 0 atom stereocenters. The highest BCUT2D eigenvalue weighted by Crippen LogP contribution is 2.27. The van der Waals surface area contributed by atoms with Gasteiger partial charge in [-0.05, 0) is 22.6 Å². The van der Waals surface area contributed by atoms with Gasteiger partial charge in [-0.1, -0.05) is 0 Å². The fourth-order valence-electron chi connectivity index (χ4n) is 0.906. The number of halogens is 3. The topological polar surface area (TPSA) is 73.1 Å². The van der Waals surface area contributed by atoms with E-state index in [1.165, 1.54) is 22.6 Å². The fourth-order valence-corrected chi connectivity index (χ4v) is 1.52. The monoisotopic (exact) mass is 328 g/mol. The van der Waals surface area contributed by atoms with Crippen molar-refractivity contribution in [2.24, 2.45) is 0 Å². The van der Waals surface area contributed by atoms with E-state index in [1.54, 1.807) is 0 Å². The standard InChI is InChI=1S/C7H3F2IN2O3/c8-6(9)3-1-5(12(14)15)7(10)11-4(3)2-13/h1-2,6H. The Labute approximate surface area is 95.8 Å². The lowest BCUT2D eigenvalue weighted by Gasteiger charge is -2.03. The largest absolute Gasteiger partial charge is 0.301 e. The molecule has 0 aliphatic heterocycles. The van der Waals surface area contributed by atoms with E-state index < -0.39 is 28.3 Å². The van der Waals surface area contributed by atoms with E-state index in [0.29, 0.717) is 6.07 Å². The van der Waals surface area contributed by atoms with Crippen LogP contribution in [0.4, 0.5) is 14.5 Å². The Balaban J connectivity index is 3.43. The van der Waals surface area contributed by atoms with Crippen molar-refractivity contribution in [3.05, 3.63) is 31.1 Å². The molecule has 1 heterocycles. The summed E-state index contributed by atoms with van der Waals surface area (Å²) in [7, 11) is 0. The van der Waals surface area contributed by atoms with Crippen LogP contribution < -0.4 is 0 Å². The van der Waals surface area contributed by atoms with Gasteiger partial charge in [-0.3, -0.25) is 14.9 Å². The zero-order valence-corrected chi connectivity index (χ0v) is 9.14. The second-order valence-electron chi connectivity index (χ2n) is 2.45. The minimum Gasteiger partial charge on any atom is -0.296 e. The lowest BCUT2D eigenvalue weighted by molar-refractivity contribution is -0.386. The van der Waals surface area contributed by atoms with Crippen LogP contribution in [0.3, 0.4) is 0 Å². The smallest absolute Gasteiger partial charge is 0.296 e. The first kappa shape index (κ1) is 11.9. The summed E-state index contributed by atoms with van der Waals surface area (Å²) in [5, 5.41) is 10.4. The molecular weight excluding hydrogens is 325 g/mol. The number of aromatic nitrogens is 1. The maximum Gasteiger partial charge on any atom is 0.301 e. The molecule has 0 fully saturated rings. The normalized spacial score (nSPS) is 10.4. The highest BCUT2D eigenvalue weighted by Gasteiger charge is 2.22. The van der Waals surface area contributed by atoms with Gasteiger partial charge in [-0.15, -0.1) is 0 Å². The summed E-state index contributed by atoms with van der Waals surface area (Å²) in [4.78, 5) is 23.4. The van der Waals surface area contributed by atoms with Crippen molar-refractivity contribution in [2.45, 2.75) is 6.43 Å². The first-order valence-electron chi connectivity index (χ1n) is 3.55. The van der Waals surface area contributed by atoms with Crippen molar-refractivity contribution in [1.82, 2.24) is 4.98 Å². The van der Waals surface area contributed by atoms with E-state index in [9.17, 15) is 23.7 Å². The van der Waals surface area contributed by atoms with Crippen LogP contribution >= 0.6 is 22.6 Å². The molecule has 0 radical (unpaired) electrons. The van der Waals surface area contributed by atoms with E-state index in [2.05, 4.69) is 4.98 Å². The van der Waals surface area contributed by atoms with Gasteiger partial charge in [-0.2, -0.15) is 0 Å².